The third-order valence-electron chi connectivity index (χ3n) is 4.23. The van der Waals surface area contributed by atoms with Crippen LogP contribution in [0.25, 0.3) is 6.08 Å². The highest BCUT2D eigenvalue weighted by Gasteiger charge is 2.53. The molecule has 0 unspecified atom stereocenters. The minimum absolute atomic E-state index is 0.0879. The first kappa shape index (κ1) is 17.7. The lowest BCUT2D eigenvalue weighted by atomic mass is 9.87. The Hall–Kier alpha value is -1.67. The second-order valence-corrected chi connectivity index (χ2v) is 6.88. The number of carbonyl (C=O) groups is 1. The Morgan fingerprint density at radius 3 is 2.43 bits per heavy atom. The molecule has 0 aromatic carbocycles. The van der Waals surface area contributed by atoms with E-state index in [1.54, 1.807) is 20.3 Å². The number of rotatable bonds is 4. The number of hydrogen-bond acceptors (Lipinski definition) is 4. The van der Waals surface area contributed by atoms with Crippen molar-refractivity contribution in [2.24, 2.45) is 0 Å². The lowest BCUT2D eigenvalue weighted by Gasteiger charge is -2.32. The normalized spacial score (nSPS) is 20.0. The fraction of sp³-hybridized carbons (Fsp3) is 0.600. The Bertz CT molecular complexity index is 609. The van der Waals surface area contributed by atoms with Crippen LogP contribution in [-0.2, 0) is 20.6 Å². The number of hydrogen-bond donors (Lipinski definition) is 0. The lowest BCUT2D eigenvalue weighted by molar-refractivity contribution is -0.129. The van der Waals surface area contributed by atoms with Gasteiger partial charge < -0.3 is 14.2 Å². The van der Waals surface area contributed by atoms with Crippen LogP contribution in [0.5, 0.6) is 0 Å². The van der Waals surface area contributed by atoms with E-state index in [0.717, 1.165) is 0 Å². The van der Waals surface area contributed by atoms with Crippen molar-refractivity contribution >= 4 is 19.1 Å². The molecule has 0 spiro atoms. The van der Waals surface area contributed by atoms with E-state index < -0.39 is 24.0 Å². The van der Waals surface area contributed by atoms with Gasteiger partial charge in [0.1, 0.15) is 12.3 Å². The van der Waals surface area contributed by atoms with Gasteiger partial charge in [-0.1, -0.05) is 0 Å². The van der Waals surface area contributed by atoms with Crippen molar-refractivity contribution in [1.82, 2.24) is 14.7 Å². The van der Waals surface area contributed by atoms with Gasteiger partial charge in [-0.3, -0.25) is 9.48 Å². The quantitative estimate of drug-likeness (QED) is 0.795. The van der Waals surface area contributed by atoms with Crippen molar-refractivity contribution in [2.45, 2.75) is 45.4 Å². The van der Waals surface area contributed by atoms with Gasteiger partial charge in [-0.25, -0.2) is 4.39 Å². The van der Waals surface area contributed by atoms with Crippen LogP contribution < -0.4 is 0 Å². The summed E-state index contributed by atoms with van der Waals surface area (Å²) in [5.41, 5.74) is -1.16. The summed E-state index contributed by atoms with van der Waals surface area (Å²) in [4.78, 5) is 13.1. The van der Waals surface area contributed by atoms with Gasteiger partial charge in [0.25, 0.3) is 0 Å². The average Bonchev–Trinajstić information content (AvgIpc) is 2.92. The largest absolute Gasteiger partial charge is 0.525 e. The third kappa shape index (κ3) is 3.81. The van der Waals surface area contributed by atoms with Gasteiger partial charge in [-0.05, 0) is 33.8 Å². The molecular formula is C15H23BFN3O3. The Labute approximate surface area is 136 Å². The highest BCUT2D eigenvalue weighted by atomic mass is 19.1. The fourth-order valence-corrected chi connectivity index (χ4v) is 2.00. The molecule has 1 aliphatic rings. The number of aromatic nitrogens is 2. The van der Waals surface area contributed by atoms with E-state index in [2.05, 4.69) is 5.10 Å². The van der Waals surface area contributed by atoms with Crippen molar-refractivity contribution in [2.75, 3.05) is 14.1 Å². The fourth-order valence-electron chi connectivity index (χ4n) is 2.00. The highest BCUT2D eigenvalue weighted by molar-refractivity contribution is 6.54. The zero-order valence-corrected chi connectivity index (χ0v) is 14.5. The van der Waals surface area contributed by atoms with Crippen LogP contribution in [0, 0.1) is 0 Å². The Balaban J connectivity index is 2.08. The first-order chi connectivity index (χ1) is 10.5. The van der Waals surface area contributed by atoms with E-state index in [0.29, 0.717) is 5.56 Å². The summed E-state index contributed by atoms with van der Waals surface area (Å²) in [7, 11) is 2.31. The van der Waals surface area contributed by atoms with Crippen LogP contribution >= 0.6 is 0 Å². The van der Waals surface area contributed by atoms with Crippen LogP contribution in [0.4, 0.5) is 4.39 Å². The summed E-state index contributed by atoms with van der Waals surface area (Å²) in [6.07, 6.45) is 4.41. The van der Waals surface area contributed by atoms with Crippen LogP contribution in [0.3, 0.4) is 0 Å². The van der Waals surface area contributed by atoms with Crippen LogP contribution in [0.2, 0.25) is 0 Å². The molecule has 1 amide bonds. The maximum absolute atomic E-state index is 14.4. The van der Waals surface area contributed by atoms with Crippen LogP contribution in [0.1, 0.15) is 33.3 Å². The first-order valence-corrected chi connectivity index (χ1v) is 7.47. The van der Waals surface area contributed by atoms with E-state index in [4.69, 9.17) is 9.31 Å². The molecule has 0 bridgehead atoms. The highest BCUT2D eigenvalue weighted by Crippen LogP contribution is 2.38. The molecule has 1 saturated heterocycles. The minimum Gasteiger partial charge on any atom is -0.398 e. The molecule has 23 heavy (non-hydrogen) atoms. The molecule has 6 nitrogen and oxygen atoms in total. The predicted octanol–water partition coefficient (Wildman–Crippen LogP) is 1.91. The lowest BCUT2D eigenvalue weighted by Crippen LogP contribution is -2.41. The van der Waals surface area contributed by atoms with Gasteiger partial charge in [0.2, 0.25) is 5.91 Å². The Kier molecular flexibility index (Phi) is 4.68. The monoisotopic (exact) mass is 323 g/mol. The molecule has 8 heteroatoms. The van der Waals surface area contributed by atoms with Crippen LogP contribution in [-0.4, -0.2) is 53.0 Å². The minimum atomic E-state index is -1.04. The molecule has 1 aromatic rings. The van der Waals surface area contributed by atoms with Crippen LogP contribution in [0.15, 0.2) is 18.1 Å². The van der Waals surface area contributed by atoms with Gasteiger partial charge >= 0.3 is 7.12 Å². The summed E-state index contributed by atoms with van der Waals surface area (Å²) in [6, 6.07) is 0. The van der Waals surface area contributed by atoms with E-state index in [9.17, 15) is 9.18 Å². The summed E-state index contributed by atoms with van der Waals surface area (Å²) >= 11 is 0. The molecule has 1 fully saturated rings. The zero-order valence-electron chi connectivity index (χ0n) is 14.5. The molecule has 1 aliphatic heterocycles. The average molecular weight is 323 g/mol. The van der Waals surface area contributed by atoms with E-state index in [1.165, 1.54) is 21.9 Å². The maximum Gasteiger partial charge on any atom is 0.525 e. The summed E-state index contributed by atoms with van der Waals surface area (Å²) in [5.74, 6) is -0.0879. The van der Waals surface area contributed by atoms with Crippen molar-refractivity contribution in [1.29, 1.82) is 0 Å². The third-order valence-corrected chi connectivity index (χ3v) is 4.23. The van der Waals surface area contributed by atoms with Gasteiger partial charge in [0.15, 0.2) is 0 Å². The first-order valence-electron chi connectivity index (χ1n) is 7.47. The SMILES string of the molecule is CN(C)C(=O)Cn1cc(C=C(F)B2OC(C)(C)C(C)(C)O2)cn1. The molecule has 1 aromatic heterocycles. The van der Waals surface area contributed by atoms with Crippen molar-refractivity contribution in [3.8, 4) is 0 Å². The molecular weight excluding hydrogens is 300 g/mol. The summed E-state index contributed by atoms with van der Waals surface area (Å²) in [5, 5.41) is 4.05. The Morgan fingerprint density at radius 2 is 1.91 bits per heavy atom. The van der Waals surface area contributed by atoms with E-state index in [1.807, 2.05) is 27.7 Å². The molecule has 0 atom stereocenters. The smallest absolute Gasteiger partial charge is 0.398 e. The van der Waals surface area contributed by atoms with E-state index in [-0.39, 0.29) is 12.5 Å². The predicted molar refractivity (Wildman–Crippen MR) is 86.1 cm³/mol. The summed E-state index contributed by atoms with van der Waals surface area (Å²) in [6.45, 7) is 7.58. The number of carbonyl (C=O) groups excluding carboxylic acids is 1. The molecule has 126 valence electrons. The number of amides is 1. The number of likely N-dealkylation sites (N-methyl/N-ethyl adjacent to an activating group) is 1. The molecule has 0 aliphatic carbocycles. The van der Waals surface area contributed by atoms with Gasteiger partial charge in [0.05, 0.1) is 17.4 Å². The second-order valence-electron chi connectivity index (χ2n) is 6.88. The summed E-state index contributed by atoms with van der Waals surface area (Å²) < 4.78 is 27.1. The van der Waals surface area contributed by atoms with Gasteiger partial charge in [-0.2, -0.15) is 5.10 Å². The van der Waals surface area contributed by atoms with E-state index >= 15 is 0 Å². The topological polar surface area (TPSA) is 56.6 Å². The zero-order chi connectivity index (χ0) is 17.4. The van der Waals surface area contributed by atoms with Gasteiger partial charge in [-0.15, -0.1) is 0 Å². The number of nitrogens with zero attached hydrogens (tertiary/aromatic N) is 3. The van der Waals surface area contributed by atoms with Gasteiger partial charge in [0, 0.05) is 25.9 Å². The Morgan fingerprint density at radius 1 is 1.35 bits per heavy atom. The second kappa shape index (κ2) is 6.09. The molecule has 0 radical (unpaired) electrons. The molecule has 0 N–H and O–H groups in total. The van der Waals surface area contributed by atoms with Crippen molar-refractivity contribution in [3.05, 3.63) is 23.7 Å². The molecule has 2 heterocycles. The maximum atomic E-state index is 14.4. The molecule has 0 saturated carbocycles. The molecule has 2 rings (SSSR count). The van der Waals surface area contributed by atoms with Crippen molar-refractivity contribution in [3.63, 3.8) is 0 Å². The standard InChI is InChI=1S/C15H23BFN3O3/c1-14(2)15(3,4)23-16(22-14)12(17)7-11-8-18-20(9-11)10-13(21)19(5)6/h7-9H,10H2,1-6H3. The number of halogens is 1. The van der Waals surface area contributed by atoms with Crippen molar-refractivity contribution < 1.29 is 18.5 Å².